The summed E-state index contributed by atoms with van der Waals surface area (Å²) in [5, 5.41) is 0. The molecule has 1 saturated heterocycles. The summed E-state index contributed by atoms with van der Waals surface area (Å²) in [6, 6.07) is 7.17. The first kappa shape index (κ1) is 22.0. The topological polar surface area (TPSA) is 29.0 Å². The van der Waals surface area contributed by atoms with Crippen molar-refractivity contribution in [2.45, 2.75) is 85.1 Å². The number of aryl methyl sites for hydroxylation is 1. The SMILES string of the molecule is Cc1ccnc(C(C)Cc2ccnc(C(C)CC3CCN(C(C)C)CC3)c2C)c1. The first-order valence-electron chi connectivity index (χ1n) is 11.5. The van der Waals surface area contributed by atoms with Crippen LogP contribution in [0.2, 0.25) is 0 Å². The number of rotatable bonds is 7. The van der Waals surface area contributed by atoms with Crippen molar-refractivity contribution in [1.82, 2.24) is 14.9 Å². The van der Waals surface area contributed by atoms with Crippen LogP contribution in [-0.2, 0) is 6.42 Å². The number of nitrogens with zero attached hydrogens (tertiary/aromatic N) is 3. The Morgan fingerprint density at radius 3 is 2.31 bits per heavy atom. The van der Waals surface area contributed by atoms with Crippen LogP contribution in [0.1, 0.15) is 86.9 Å². The second kappa shape index (κ2) is 9.84. The third-order valence-corrected chi connectivity index (χ3v) is 6.86. The number of hydrogen-bond donors (Lipinski definition) is 0. The van der Waals surface area contributed by atoms with E-state index in [4.69, 9.17) is 4.98 Å². The van der Waals surface area contributed by atoms with Gasteiger partial charge >= 0.3 is 0 Å². The smallest absolute Gasteiger partial charge is 0.0463 e. The number of likely N-dealkylation sites (tertiary alicyclic amines) is 1. The van der Waals surface area contributed by atoms with Gasteiger partial charge in [0, 0.05) is 35.7 Å². The minimum Gasteiger partial charge on any atom is -0.301 e. The molecular formula is C26H39N3. The van der Waals surface area contributed by atoms with Gasteiger partial charge in [-0.2, -0.15) is 0 Å². The Balaban J connectivity index is 1.65. The van der Waals surface area contributed by atoms with Crippen molar-refractivity contribution in [3.63, 3.8) is 0 Å². The molecule has 0 aromatic carbocycles. The first-order chi connectivity index (χ1) is 13.8. The van der Waals surface area contributed by atoms with Gasteiger partial charge in [-0.1, -0.05) is 13.8 Å². The predicted octanol–water partition coefficient (Wildman–Crippen LogP) is 6.05. The Hall–Kier alpha value is -1.74. The fourth-order valence-corrected chi connectivity index (χ4v) is 4.89. The third kappa shape index (κ3) is 5.66. The van der Waals surface area contributed by atoms with Crippen LogP contribution in [0.15, 0.2) is 30.6 Å². The van der Waals surface area contributed by atoms with E-state index in [-0.39, 0.29) is 0 Å². The Morgan fingerprint density at radius 2 is 1.66 bits per heavy atom. The van der Waals surface area contributed by atoms with E-state index in [1.54, 1.807) is 0 Å². The molecule has 0 N–H and O–H groups in total. The van der Waals surface area contributed by atoms with Crippen LogP contribution in [0.25, 0.3) is 0 Å². The van der Waals surface area contributed by atoms with Gasteiger partial charge in [-0.25, -0.2) is 0 Å². The van der Waals surface area contributed by atoms with E-state index in [1.807, 2.05) is 12.4 Å². The van der Waals surface area contributed by atoms with E-state index in [0.717, 1.165) is 12.3 Å². The average Bonchev–Trinajstić information content (AvgIpc) is 2.69. The summed E-state index contributed by atoms with van der Waals surface area (Å²) in [5.74, 6) is 1.78. The summed E-state index contributed by atoms with van der Waals surface area (Å²) < 4.78 is 0. The van der Waals surface area contributed by atoms with Crippen molar-refractivity contribution in [3.8, 4) is 0 Å². The average molecular weight is 394 g/mol. The quantitative estimate of drug-likeness (QED) is 0.573. The lowest BCUT2D eigenvalue weighted by molar-refractivity contribution is 0.142. The monoisotopic (exact) mass is 393 g/mol. The van der Waals surface area contributed by atoms with Crippen LogP contribution >= 0.6 is 0 Å². The van der Waals surface area contributed by atoms with E-state index < -0.39 is 0 Å². The number of pyridine rings is 2. The molecule has 1 fully saturated rings. The Labute approximate surface area is 178 Å². The summed E-state index contributed by atoms with van der Waals surface area (Å²) in [4.78, 5) is 12.0. The second-order valence-electron chi connectivity index (χ2n) is 9.55. The molecule has 2 atom stereocenters. The summed E-state index contributed by atoms with van der Waals surface area (Å²) in [7, 11) is 0. The Morgan fingerprint density at radius 1 is 0.966 bits per heavy atom. The molecule has 1 aliphatic rings. The highest BCUT2D eigenvalue weighted by Crippen LogP contribution is 2.32. The van der Waals surface area contributed by atoms with E-state index in [2.05, 4.69) is 69.6 Å². The van der Waals surface area contributed by atoms with Crippen LogP contribution in [0, 0.1) is 19.8 Å². The molecule has 3 rings (SSSR count). The Bertz CT molecular complexity index is 790. The maximum absolute atomic E-state index is 4.82. The predicted molar refractivity (Wildman–Crippen MR) is 123 cm³/mol. The molecule has 3 nitrogen and oxygen atoms in total. The van der Waals surface area contributed by atoms with E-state index in [0.29, 0.717) is 17.9 Å². The lowest BCUT2D eigenvalue weighted by atomic mass is 9.84. The number of hydrogen-bond acceptors (Lipinski definition) is 3. The molecule has 3 heteroatoms. The molecule has 0 saturated carbocycles. The van der Waals surface area contributed by atoms with Crippen molar-refractivity contribution in [2.75, 3.05) is 13.1 Å². The van der Waals surface area contributed by atoms with Crippen molar-refractivity contribution in [2.24, 2.45) is 5.92 Å². The van der Waals surface area contributed by atoms with Gasteiger partial charge < -0.3 is 4.90 Å². The fourth-order valence-electron chi connectivity index (χ4n) is 4.89. The standard InChI is InChI=1S/C26H39N3/c1-18(2)29-13-9-23(10-14-29)16-21(5)26-22(6)24(8-12-28-26)17-20(4)25-15-19(3)7-11-27-25/h7-8,11-12,15,18,20-21,23H,9-10,13-14,16-17H2,1-6H3. The maximum atomic E-state index is 4.82. The molecule has 2 aromatic heterocycles. The molecule has 0 amide bonds. The van der Waals surface area contributed by atoms with Gasteiger partial charge in [-0.05, 0) is 113 Å². The van der Waals surface area contributed by atoms with E-state index in [1.165, 1.54) is 60.4 Å². The molecule has 2 unspecified atom stereocenters. The van der Waals surface area contributed by atoms with Crippen molar-refractivity contribution in [1.29, 1.82) is 0 Å². The highest BCUT2D eigenvalue weighted by Gasteiger charge is 2.24. The van der Waals surface area contributed by atoms with Gasteiger partial charge in [0.25, 0.3) is 0 Å². The molecule has 0 bridgehead atoms. The van der Waals surface area contributed by atoms with Gasteiger partial charge in [-0.15, -0.1) is 0 Å². The van der Waals surface area contributed by atoms with Gasteiger partial charge in [0.05, 0.1) is 0 Å². The zero-order valence-corrected chi connectivity index (χ0v) is 19.3. The number of aromatic nitrogens is 2. The summed E-state index contributed by atoms with van der Waals surface area (Å²) in [6.07, 6.45) is 8.90. The lowest BCUT2D eigenvalue weighted by Gasteiger charge is -2.35. The maximum Gasteiger partial charge on any atom is 0.0463 e. The molecule has 1 aliphatic heterocycles. The first-order valence-corrected chi connectivity index (χ1v) is 11.5. The van der Waals surface area contributed by atoms with Crippen molar-refractivity contribution in [3.05, 3.63) is 58.7 Å². The van der Waals surface area contributed by atoms with Gasteiger partial charge in [0.1, 0.15) is 0 Å². The highest BCUT2D eigenvalue weighted by atomic mass is 15.1. The zero-order chi connectivity index (χ0) is 21.0. The molecular weight excluding hydrogens is 354 g/mol. The lowest BCUT2D eigenvalue weighted by Crippen LogP contribution is -2.38. The highest BCUT2D eigenvalue weighted by molar-refractivity contribution is 5.32. The summed E-state index contributed by atoms with van der Waals surface area (Å²) in [5.41, 5.74) is 6.59. The normalized spacial score (nSPS) is 18.2. The minimum absolute atomic E-state index is 0.416. The molecule has 0 radical (unpaired) electrons. The van der Waals surface area contributed by atoms with Crippen molar-refractivity contribution < 1.29 is 0 Å². The van der Waals surface area contributed by atoms with Crippen LogP contribution < -0.4 is 0 Å². The molecule has 3 heterocycles. The molecule has 0 aliphatic carbocycles. The van der Waals surface area contributed by atoms with E-state index in [9.17, 15) is 0 Å². The van der Waals surface area contributed by atoms with Crippen LogP contribution in [-0.4, -0.2) is 34.0 Å². The third-order valence-electron chi connectivity index (χ3n) is 6.86. The largest absolute Gasteiger partial charge is 0.301 e. The summed E-state index contributed by atoms with van der Waals surface area (Å²) >= 11 is 0. The van der Waals surface area contributed by atoms with Gasteiger partial charge in [0.15, 0.2) is 0 Å². The zero-order valence-electron chi connectivity index (χ0n) is 19.3. The van der Waals surface area contributed by atoms with Crippen molar-refractivity contribution >= 4 is 0 Å². The Kier molecular flexibility index (Phi) is 7.45. The summed E-state index contributed by atoms with van der Waals surface area (Å²) in [6.45, 7) is 16.2. The van der Waals surface area contributed by atoms with Gasteiger partial charge in [-0.3, -0.25) is 9.97 Å². The van der Waals surface area contributed by atoms with Crippen LogP contribution in [0.5, 0.6) is 0 Å². The van der Waals surface area contributed by atoms with Crippen LogP contribution in [0.4, 0.5) is 0 Å². The minimum atomic E-state index is 0.416. The molecule has 29 heavy (non-hydrogen) atoms. The fraction of sp³-hybridized carbons (Fsp3) is 0.615. The number of piperidine rings is 1. The molecule has 158 valence electrons. The van der Waals surface area contributed by atoms with E-state index >= 15 is 0 Å². The van der Waals surface area contributed by atoms with Gasteiger partial charge in [0.2, 0.25) is 0 Å². The molecule has 2 aromatic rings. The van der Waals surface area contributed by atoms with Crippen LogP contribution in [0.3, 0.4) is 0 Å². The second-order valence-corrected chi connectivity index (χ2v) is 9.55. The molecule has 0 spiro atoms.